The van der Waals surface area contributed by atoms with Crippen LogP contribution in [0.1, 0.15) is 13.8 Å². The summed E-state index contributed by atoms with van der Waals surface area (Å²) in [5.41, 5.74) is 3.10. The van der Waals surface area contributed by atoms with Gasteiger partial charge in [0.15, 0.2) is 0 Å². The average Bonchev–Trinajstić information content (AvgIpc) is 2.62. The number of rotatable bonds is 4. The summed E-state index contributed by atoms with van der Waals surface area (Å²) in [5.74, 6) is 0.976. The maximum atomic E-state index is 4.62. The zero-order chi connectivity index (χ0) is 16.2. The molecule has 0 unspecified atom stereocenters. The number of hydrogen-bond acceptors (Lipinski definition) is 5. The minimum Gasteiger partial charge on any atom is -0.388 e. The molecular formula is C18H25N5. The Bertz CT molecular complexity index is 613. The summed E-state index contributed by atoms with van der Waals surface area (Å²) in [4.78, 5) is 14.0. The molecule has 0 spiro atoms. The number of piperazine rings is 1. The van der Waals surface area contributed by atoms with Crippen LogP contribution < -0.4 is 10.2 Å². The third-order valence-electron chi connectivity index (χ3n) is 4.48. The van der Waals surface area contributed by atoms with Gasteiger partial charge in [0.25, 0.3) is 0 Å². The normalized spacial score (nSPS) is 15.9. The average molecular weight is 311 g/mol. The topological polar surface area (TPSA) is 44.3 Å². The molecule has 1 fully saturated rings. The molecule has 0 radical (unpaired) electrons. The Morgan fingerprint density at radius 2 is 1.65 bits per heavy atom. The first-order valence-corrected chi connectivity index (χ1v) is 8.26. The van der Waals surface area contributed by atoms with E-state index in [9.17, 15) is 0 Å². The van der Waals surface area contributed by atoms with Crippen LogP contribution >= 0.6 is 0 Å². The number of nitrogens with zero attached hydrogens (tertiary/aromatic N) is 4. The molecular weight excluding hydrogens is 286 g/mol. The molecule has 0 aliphatic carbocycles. The lowest BCUT2D eigenvalue weighted by atomic mass is 10.1. The quantitative estimate of drug-likeness (QED) is 0.940. The highest BCUT2D eigenvalue weighted by Gasteiger charge is 2.19. The molecule has 23 heavy (non-hydrogen) atoms. The van der Waals surface area contributed by atoms with Gasteiger partial charge in [-0.2, -0.15) is 0 Å². The SMILES string of the molecule is CNc1ccc(-c2cnc(N3CCN(C(C)C)CC3)cn2)cc1. The van der Waals surface area contributed by atoms with E-state index in [0.717, 1.165) is 48.9 Å². The van der Waals surface area contributed by atoms with E-state index >= 15 is 0 Å². The van der Waals surface area contributed by atoms with Crippen LogP contribution in [0, 0.1) is 0 Å². The number of nitrogens with one attached hydrogen (secondary N) is 1. The van der Waals surface area contributed by atoms with E-state index in [4.69, 9.17) is 0 Å². The fraction of sp³-hybridized carbons (Fsp3) is 0.444. The van der Waals surface area contributed by atoms with Gasteiger partial charge in [-0.15, -0.1) is 0 Å². The highest BCUT2D eigenvalue weighted by molar-refractivity contribution is 5.62. The van der Waals surface area contributed by atoms with Crippen LogP contribution in [-0.2, 0) is 0 Å². The summed E-state index contributed by atoms with van der Waals surface area (Å²) < 4.78 is 0. The molecule has 1 aromatic carbocycles. The number of hydrogen-bond donors (Lipinski definition) is 1. The smallest absolute Gasteiger partial charge is 0.147 e. The second-order valence-corrected chi connectivity index (χ2v) is 6.20. The predicted octanol–water partition coefficient (Wildman–Crippen LogP) is 2.72. The van der Waals surface area contributed by atoms with Gasteiger partial charge in [0.2, 0.25) is 0 Å². The van der Waals surface area contributed by atoms with Crippen molar-refractivity contribution in [1.82, 2.24) is 14.9 Å². The largest absolute Gasteiger partial charge is 0.388 e. The highest BCUT2D eigenvalue weighted by Crippen LogP contribution is 2.21. The maximum Gasteiger partial charge on any atom is 0.147 e. The molecule has 3 rings (SSSR count). The van der Waals surface area contributed by atoms with Crippen molar-refractivity contribution in [1.29, 1.82) is 0 Å². The first-order valence-electron chi connectivity index (χ1n) is 8.26. The standard InChI is InChI=1S/C18H25N5/c1-14(2)22-8-10-23(11-9-22)18-13-20-17(12-21-18)15-4-6-16(19-3)7-5-15/h4-7,12-14,19H,8-11H2,1-3H3. The Kier molecular flexibility index (Phi) is 4.76. The van der Waals surface area contributed by atoms with E-state index in [2.05, 4.69) is 63.2 Å². The Morgan fingerprint density at radius 3 is 2.17 bits per heavy atom. The van der Waals surface area contributed by atoms with Crippen LogP contribution in [0.2, 0.25) is 0 Å². The number of anilines is 2. The van der Waals surface area contributed by atoms with Crippen LogP contribution in [0.5, 0.6) is 0 Å². The van der Waals surface area contributed by atoms with Crippen LogP contribution in [0.25, 0.3) is 11.3 Å². The lowest BCUT2D eigenvalue weighted by molar-refractivity contribution is 0.209. The van der Waals surface area contributed by atoms with Crippen LogP contribution in [-0.4, -0.2) is 54.1 Å². The minimum absolute atomic E-state index is 0.617. The van der Waals surface area contributed by atoms with E-state index in [1.54, 1.807) is 0 Å². The van der Waals surface area contributed by atoms with Gasteiger partial charge in [0.05, 0.1) is 18.1 Å². The molecule has 5 heteroatoms. The Balaban J connectivity index is 1.67. The molecule has 0 bridgehead atoms. The van der Waals surface area contributed by atoms with Gasteiger partial charge in [0.1, 0.15) is 5.82 Å². The lowest BCUT2D eigenvalue weighted by Crippen LogP contribution is -2.49. The highest BCUT2D eigenvalue weighted by atomic mass is 15.3. The molecule has 0 saturated carbocycles. The van der Waals surface area contributed by atoms with Gasteiger partial charge < -0.3 is 10.2 Å². The second kappa shape index (κ2) is 6.96. The lowest BCUT2D eigenvalue weighted by Gasteiger charge is -2.37. The maximum absolute atomic E-state index is 4.62. The summed E-state index contributed by atoms with van der Waals surface area (Å²) in [6.45, 7) is 8.72. The fourth-order valence-electron chi connectivity index (χ4n) is 2.91. The van der Waals surface area contributed by atoms with E-state index in [0.29, 0.717) is 6.04 Å². The van der Waals surface area contributed by atoms with Crippen molar-refractivity contribution >= 4 is 11.5 Å². The third kappa shape index (κ3) is 3.62. The number of aromatic nitrogens is 2. The fourth-order valence-corrected chi connectivity index (χ4v) is 2.91. The Labute approximate surface area is 138 Å². The molecule has 1 N–H and O–H groups in total. The molecule has 1 aliphatic heterocycles. The molecule has 2 aromatic rings. The van der Waals surface area contributed by atoms with E-state index < -0.39 is 0 Å². The molecule has 0 amide bonds. The number of benzene rings is 1. The molecule has 0 atom stereocenters. The monoisotopic (exact) mass is 311 g/mol. The molecule has 2 heterocycles. The van der Waals surface area contributed by atoms with Gasteiger partial charge in [-0.3, -0.25) is 9.88 Å². The van der Waals surface area contributed by atoms with Gasteiger partial charge >= 0.3 is 0 Å². The zero-order valence-electron chi connectivity index (χ0n) is 14.2. The van der Waals surface area contributed by atoms with Crippen molar-refractivity contribution < 1.29 is 0 Å². The van der Waals surface area contributed by atoms with Gasteiger partial charge in [-0.25, -0.2) is 4.98 Å². The van der Waals surface area contributed by atoms with Crippen molar-refractivity contribution in [3.05, 3.63) is 36.7 Å². The van der Waals surface area contributed by atoms with Gasteiger partial charge in [-0.05, 0) is 26.0 Å². The van der Waals surface area contributed by atoms with Gasteiger partial charge in [-0.1, -0.05) is 12.1 Å². The Hall–Kier alpha value is -2.14. The summed E-state index contributed by atoms with van der Waals surface area (Å²) in [6, 6.07) is 8.85. The van der Waals surface area contributed by atoms with E-state index in [-0.39, 0.29) is 0 Å². The molecule has 1 saturated heterocycles. The Morgan fingerprint density at radius 1 is 0.957 bits per heavy atom. The molecule has 122 valence electrons. The van der Waals surface area contributed by atoms with Crippen molar-refractivity contribution in [3.63, 3.8) is 0 Å². The zero-order valence-corrected chi connectivity index (χ0v) is 14.2. The van der Waals surface area contributed by atoms with Crippen molar-refractivity contribution in [2.24, 2.45) is 0 Å². The molecule has 1 aliphatic rings. The van der Waals surface area contributed by atoms with Crippen molar-refractivity contribution in [2.45, 2.75) is 19.9 Å². The summed E-state index contributed by atoms with van der Waals surface area (Å²) >= 11 is 0. The van der Waals surface area contributed by atoms with Crippen LogP contribution in [0.15, 0.2) is 36.7 Å². The van der Waals surface area contributed by atoms with Crippen molar-refractivity contribution in [3.8, 4) is 11.3 Å². The first kappa shape index (κ1) is 15.7. The third-order valence-corrected chi connectivity index (χ3v) is 4.48. The second-order valence-electron chi connectivity index (χ2n) is 6.20. The molecule has 1 aromatic heterocycles. The summed E-state index contributed by atoms with van der Waals surface area (Å²) in [5, 5.41) is 3.12. The predicted molar refractivity (Wildman–Crippen MR) is 95.9 cm³/mol. The minimum atomic E-state index is 0.617. The summed E-state index contributed by atoms with van der Waals surface area (Å²) in [7, 11) is 1.92. The first-order chi connectivity index (χ1) is 11.2. The van der Waals surface area contributed by atoms with E-state index in [1.165, 1.54) is 0 Å². The van der Waals surface area contributed by atoms with Crippen molar-refractivity contribution in [2.75, 3.05) is 43.4 Å². The van der Waals surface area contributed by atoms with Crippen LogP contribution in [0.3, 0.4) is 0 Å². The van der Waals surface area contributed by atoms with Crippen LogP contribution in [0.4, 0.5) is 11.5 Å². The summed E-state index contributed by atoms with van der Waals surface area (Å²) in [6.07, 6.45) is 3.77. The van der Waals surface area contributed by atoms with Gasteiger partial charge in [0, 0.05) is 50.5 Å². The van der Waals surface area contributed by atoms with E-state index in [1.807, 2.05) is 19.4 Å². The molecule has 5 nitrogen and oxygen atoms in total.